The van der Waals surface area contributed by atoms with Gasteiger partial charge in [0.2, 0.25) is 6.29 Å². The van der Waals surface area contributed by atoms with Crippen LogP contribution in [0.4, 0.5) is 0 Å². The van der Waals surface area contributed by atoms with E-state index in [4.69, 9.17) is 4.74 Å². The Balaban J connectivity index is 3.87. The lowest BCUT2D eigenvalue weighted by molar-refractivity contribution is -0.142. The molecule has 0 heterocycles. The van der Waals surface area contributed by atoms with Crippen molar-refractivity contribution in [3.8, 4) is 0 Å². The number of ether oxygens (including phenoxy) is 1. The van der Waals surface area contributed by atoms with Gasteiger partial charge in [-0.2, -0.15) is 0 Å². The monoisotopic (exact) mass is 297 g/mol. The average molecular weight is 297 g/mol. The van der Waals surface area contributed by atoms with Crippen molar-refractivity contribution < 1.29 is 19.1 Å². The lowest BCUT2D eigenvalue weighted by Gasteiger charge is -2.34. The Morgan fingerprint density at radius 3 is 2.19 bits per heavy atom. The number of amides is 1. The van der Waals surface area contributed by atoms with Crippen LogP contribution in [0.1, 0.15) is 53.4 Å². The fourth-order valence-electron chi connectivity index (χ4n) is 1.85. The van der Waals surface area contributed by atoms with Crippen molar-refractivity contribution in [1.82, 2.24) is 4.90 Å². The molecule has 0 aliphatic heterocycles. The second kappa shape index (κ2) is 9.32. The van der Waals surface area contributed by atoms with Crippen molar-refractivity contribution in [3.05, 3.63) is 12.2 Å². The highest BCUT2D eigenvalue weighted by atomic mass is 16.5. The van der Waals surface area contributed by atoms with E-state index in [0.29, 0.717) is 25.0 Å². The van der Waals surface area contributed by atoms with Crippen LogP contribution < -0.4 is 0 Å². The van der Waals surface area contributed by atoms with Gasteiger partial charge in [-0.3, -0.25) is 9.59 Å². The molecule has 0 fully saturated rings. The van der Waals surface area contributed by atoms with Gasteiger partial charge in [0, 0.05) is 17.7 Å². The molecule has 0 aromatic carbocycles. The Morgan fingerprint density at radius 2 is 1.71 bits per heavy atom. The van der Waals surface area contributed by atoms with Crippen LogP contribution in [0.25, 0.3) is 0 Å². The second-order valence-electron chi connectivity index (χ2n) is 6.11. The number of carbonyl (C=O) groups excluding carboxylic acids is 3. The summed E-state index contributed by atoms with van der Waals surface area (Å²) >= 11 is 0. The summed E-state index contributed by atoms with van der Waals surface area (Å²) in [4.78, 5) is 34.9. The molecule has 0 radical (unpaired) electrons. The van der Waals surface area contributed by atoms with Gasteiger partial charge in [-0.1, -0.05) is 13.0 Å². The van der Waals surface area contributed by atoms with Gasteiger partial charge < -0.3 is 9.64 Å². The summed E-state index contributed by atoms with van der Waals surface area (Å²) in [7, 11) is 0. The number of hydrogen-bond acceptors (Lipinski definition) is 4. The Kier molecular flexibility index (Phi) is 8.58. The Hall–Kier alpha value is -1.65. The first-order chi connectivity index (χ1) is 9.70. The molecule has 0 aromatic rings. The van der Waals surface area contributed by atoms with Crippen LogP contribution in [-0.4, -0.2) is 41.8 Å². The van der Waals surface area contributed by atoms with Crippen LogP contribution >= 0.6 is 0 Å². The van der Waals surface area contributed by atoms with Crippen molar-refractivity contribution in [2.75, 3.05) is 13.2 Å². The number of carbonyl (C=O) groups is 3. The smallest absolute Gasteiger partial charge is 0.333 e. The maximum atomic E-state index is 11.6. The maximum Gasteiger partial charge on any atom is 0.333 e. The van der Waals surface area contributed by atoms with Gasteiger partial charge in [0.05, 0.1) is 6.61 Å². The van der Waals surface area contributed by atoms with Crippen LogP contribution in [-0.2, 0) is 19.1 Å². The Labute approximate surface area is 127 Å². The molecule has 0 saturated carbocycles. The molecule has 1 amide bonds. The minimum atomic E-state index is -0.474. The first kappa shape index (κ1) is 19.4. The van der Waals surface area contributed by atoms with E-state index in [9.17, 15) is 14.4 Å². The molecular weight excluding hydrogens is 270 g/mol. The fraction of sp³-hybridized carbons (Fsp3) is 0.688. The largest absolute Gasteiger partial charge is 0.462 e. The predicted octanol–water partition coefficient (Wildman–Crippen LogP) is 2.49. The minimum absolute atomic E-state index is 0.352. The lowest BCUT2D eigenvalue weighted by Crippen LogP contribution is -2.46. The van der Waals surface area contributed by atoms with E-state index >= 15 is 0 Å². The highest BCUT2D eigenvalue weighted by Crippen LogP contribution is 2.14. The van der Waals surface area contributed by atoms with Crippen LogP contribution in [0.2, 0.25) is 0 Å². The molecule has 5 nitrogen and oxygen atoms in total. The first-order valence-corrected chi connectivity index (χ1v) is 7.29. The molecule has 0 N–H and O–H groups in total. The zero-order valence-electron chi connectivity index (χ0n) is 13.6. The number of nitrogens with zero attached hydrogens (tertiary/aromatic N) is 1. The molecule has 120 valence electrons. The van der Waals surface area contributed by atoms with Gasteiger partial charge in [0.15, 0.2) is 0 Å². The van der Waals surface area contributed by atoms with Crippen molar-refractivity contribution >= 4 is 18.2 Å². The van der Waals surface area contributed by atoms with Crippen LogP contribution in [0.3, 0.4) is 0 Å². The topological polar surface area (TPSA) is 63.7 Å². The number of aldehydes is 1. The van der Waals surface area contributed by atoms with Crippen LogP contribution in [0.15, 0.2) is 12.2 Å². The Morgan fingerprint density at radius 1 is 1.14 bits per heavy atom. The van der Waals surface area contributed by atoms with E-state index in [-0.39, 0.29) is 11.5 Å². The quantitative estimate of drug-likeness (QED) is 0.216. The summed E-state index contributed by atoms with van der Waals surface area (Å²) in [6.45, 7) is 11.8. The number of hydrogen-bond donors (Lipinski definition) is 0. The van der Waals surface area contributed by atoms with Gasteiger partial charge in [0.1, 0.15) is 0 Å². The third-order valence-corrected chi connectivity index (χ3v) is 3.03. The molecule has 0 aliphatic carbocycles. The molecule has 0 spiro atoms. The molecular formula is C16H27NO4. The average Bonchev–Trinajstić information content (AvgIpc) is 2.39. The normalized spacial score (nSPS) is 10.9. The molecule has 0 aliphatic rings. The minimum Gasteiger partial charge on any atom is -0.462 e. The van der Waals surface area contributed by atoms with Gasteiger partial charge >= 0.3 is 5.97 Å². The second-order valence-corrected chi connectivity index (χ2v) is 6.11. The summed E-state index contributed by atoms with van der Waals surface area (Å²) < 4.78 is 4.99. The molecule has 0 saturated heterocycles. The highest BCUT2D eigenvalue weighted by molar-refractivity contribution is 6.23. The molecule has 0 bridgehead atoms. The van der Waals surface area contributed by atoms with Gasteiger partial charge in [-0.15, -0.1) is 0 Å². The zero-order chi connectivity index (χ0) is 16.5. The summed E-state index contributed by atoms with van der Waals surface area (Å²) in [5.41, 5.74) is 0.0536. The molecule has 0 rings (SSSR count). The van der Waals surface area contributed by atoms with E-state index in [2.05, 4.69) is 6.58 Å². The SMILES string of the molecule is C=C(C)C(=O)OCCCCCCN(C(=O)C=O)C(C)(C)C. The molecule has 21 heavy (non-hydrogen) atoms. The standard InChI is InChI=1S/C16H27NO4/c1-13(2)15(20)21-11-9-7-6-8-10-17(14(19)12-18)16(3,4)5/h12H,1,6-11H2,2-5H3. The van der Waals surface area contributed by atoms with E-state index in [1.165, 1.54) is 0 Å². The van der Waals surface area contributed by atoms with Crippen molar-refractivity contribution in [2.45, 2.75) is 58.9 Å². The third kappa shape index (κ3) is 8.27. The predicted molar refractivity (Wildman–Crippen MR) is 81.8 cm³/mol. The summed E-state index contributed by atoms with van der Waals surface area (Å²) in [6.07, 6.45) is 3.81. The van der Waals surface area contributed by atoms with Crippen molar-refractivity contribution in [3.63, 3.8) is 0 Å². The molecule has 0 unspecified atom stereocenters. The maximum absolute atomic E-state index is 11.6. The van der Waals surface area contributed by atoms with E-state index in [1.807, 2.05) is 20.8 Å². The van der Waals surface area contributed by atoms with Gasteiger partial charge in [-0.25, -0.2) is 4.79 Å². The fourth-order valence-corrected chi connectivity index (χ4v) is 1.85. The number of unbranched alkanes of at least 4 members (excludes halogenated alkanes) is 3. The first-order valence-electron chi connectivity index (χ1n) is 7.29. The third-order valence-electron chi connectivity index (χ3n) is 3.03. The lowest BCUT2D eigenvalue weighted by atomic mass is 10.0. The van der Waals surface area contributed by atoms with Crippen LogP contribution in [0, 0.1) is 0 Å². The van der Waals surface area contributed by atoms with E-state index in [1.54, 1.807) is 11.8 Å². The summed E-state index contributed by atoms with van der Waals surface area (Å²) in [5.74, 6) is -0.830. The summed E-state index contributed by atoms with van der Waals surface area (Å²) in [5, 5.41) is 0. The zero-order valence-corrected chi connectivity index (χ0v) is 13.6. The van der Waals surface area contributed by atoms with Gasteiger partial charge in [-0.05, 0) is 47.0 Å². The number of rotatable bonds is 9. The van der Waals surface area contributed by atoms with Crippen molar-refractivity contribution in [2.24, 2.45) is 0 Å². The van der Waals surface area contributed by atoms with E-state index < -0.39 is 5.91 Å². The Bertz CT molecular complexity index is 382. The molecule has 0 aromatic heterocycles. The summed E-state index contributed by atoms with van der Waals surface area (Å²) in [6, 6.07) is 0. The van der Waals surface area contributed by atoms with Crippen molar-refractivity contribution in [1.29, 1.82) is 0 Å². The molecule has 5 heteroatoms. The molecule has 0 atom stereocenters. The van der Waals surface area contributed by atoms with E-state index in [0.717, 1.165) is 25.7 Å². The highest BCUT2D eigenvalue weighted by Gasteiger charge is 2.25. The number of esters is 1. The van der Waals surface area contributed by atoms with Crippen LogP contribution in [0.5, 0.6) is 0 Å². The van der Waals surface area contributed by atoms with Gasteiger partial charge in [0.25, 0.3) is 5.91 Å².